The summed E-state index contributed by atoms with van der Waals surface area (Å²) in [4.78, 5) is 7.35. The Balaban J connectivity index is 2.96. The third kappa shape index (κ3) is 0.956. The molecule has 3 nitrogen and oxygen atoms in total. The lowest BCUT2D eigenvalue weighted by molar-refractivity contribution is 0.911. The molecule has 0 fully saturated rings. The van der Waals surface area contributed by atoms with Crippen LogP contribution in [0.2, 0.25) is 0 Å². The van der Waals surface area contributed by atoms with Gasteiger partial charge in [0.25, 0.3) is 0 Å². The van der Waals surface area contributed by atoms with Crippen LogP contribution < -0.4 is 0 Å². The molecule has 2 heterocycles. The quantitative estimate of drug-likeness (QED) is 0.627. The Labute approximate surface area is 75.1 Å². The number of pyridine rings is 1. The maximum atomic E-state index is 5.06. The molecular formula is C8H9N3S. The number of hydrogen-bond donors (Lipinski definition) is 1. The molecular weight excluding hydrogens is 170 g/mol. The van der Waals surface area contributed by atoms with Crippen LogP contribution in [0.15, 0.2) is 12.3 Å². The van der Waals surface area contributed by atoms with Crippen LogP contribution >= 0.6 is 12.2 Å². The second kappa shape index (κ2) is 2.42. The van der Waals surface area contributed by atoms with Crippen LogP contribution in [0.1, 0.15) is 5.56 Å². The first-order valence-corrected chi connectivity index (χ1v) is 4.10. The van der Waals surface area contributed by atoms with Crippen LogP contribution in [-0.2, 0) is 7.05 Å². The van der Waals surface area contributed by atoms with Crippen LogP contribution in [0.3, 0.4) is 0 Å². The fourth-order valence-electron chi connectivity index (χ4n) is 1.22. The molecule has 2 rings (SSSR count). The number of imidazole rings is 1. The van der Waals surface area contributed by atoms with Gasteiger partial charge in [0.2, 0.25) is 0 Å². The Morgan fingerprint density at radius 2 is 2.33 bits per heavy atom. The van der Waals surface area contributed by atoms with Gasteiger partial charge in [-0.3, -0.25) is 0 Å². The third-order valence-electron chi connectivity index (χ3n) is 1.87. The molecule has 0 bridgehead atoms. The Bertz CT molecular complexity index is 480. The first-order chi connectivity index (χ1) is 5.68. The normalized spacial score (nSPS) is 10.8. The van der Waals surface area contributed by atoms with Gasteiger partial charge in [0, 0.05) is 13.2 Å². The standard InChI is InChI=1S/C8H9N3S/c1-5-3-6-7(9-4-5)11(2)8(12)10-6/h3-4H,1-2H3,(H,10,12). The van der Waals surface area contributed by atoms with Gasteiger partial charge >= 0.3 is 0 Å². The van der Waals surface area contributed by atoms with Gasteiger partial charge in [0.15, 0.2) is 10.4 Å². The van der Waals surface area contributed by atoms with Crippen molar-refractivity contribution in [1.29, 1.82) is 0 Å². The maximum absolute atomic E-state index is 5.06. The predicted octanol–water partition coefficient (Wildman–Crippen LogP) is 1.94. The van der Waals surface area contributed by atoms with Gasteiger partial charge in [-0.1, -0.05) is 0 Å². The second-order valence-electron chi connectivity index (χ2n) is 2.87. The fraction of sp³-hybridized carbons (Fsp3) is 0.250. The minimum absolute atomic E-state index is 0.711. The highest BCUT2D eigenvalue weighted by molar-refractivity contribution is 7.71. The molecule has 2 aromatic heterocycles. The van der Waals surface area contributed by atoms with Crippen LogP contribution in [0.25, 0.3) is 11.2 Å². The van der Waals surface area contributed by atoms with Crippen molar-refractivity contribution in [1.82, 2.24) is 14.5 Å². The number of fused-ring (bicyclic) bond motifs is 1. The largest absolute Gasteiger partial charge is 0.329 e. The van der Waals surface area contributed by atoms with Gasteiger partial charge < -0.3 is 9.55 Å². The first-order valence-electron chi connectivity index (χ1n) is 3.70. The summed E-state index contributed by atoms with van der Waals surface area (Å²) in [6, 6.07) is 2.04. The summed E-state index contributed by atoms with van der Waals surface area (Å²) in [6.45, 7) is 2.01. The summed E-state index contributed by atoms with van der Waals surface area (Å²) in [5.41, 5.74) is 3.05. The molecule has 0 atom stereocenters. The zero-order chi connectivity index (χ0) is 8.72. The summed E-state index contributed by atoms with van der Waals surface area (Å²) in [5.74, 6) is 0. The molecule has 0 saturated carbocycles. The number of rotatable bonds is 0. The van der Waals surface area contributed by atoms with E-state index < -0.39 is 0 Å². The molecule has 0 unspecified atom stereocenters. The van der Waals surface area contributed by atoms with E-state index in [1.165, 1.54) is 0 Å². The van der Waals surface area contributed by atoms with Gasteiger partial charge in [0.05, 0.1) is 5.52 Å². The number of hydrogen-bond acceptors (Lipinski definition) is 2. The first kappa shape index (κ1) is 7.49. The summed E-state index contributed by atoms with van der Waals surface area (Å²) in [7, 11) is 1.91. The highest BCUT2D eigenvalue weighted by Gasteiger charge is 2.00. The van der Waals surface area contributed by atoms with E-state index in [0.717, 1.165) is 16.7 Å². The smallest absolute Gasteiger partial charge is 0.179 e. The van der Waals surface area contributed by atoms with Crippen molar-refractivity contribution < 1.29 is 0 Å². The van der Waals surface area contributed by atoms with Crippen LogP contribution in [0.5, 0.6) is 0 Å². The highest BCUT2D eigenvalue weighted by Crippen LogP contribution is 2.10. The average Bonchev–Trinajstić information content (AvgIpc) is 2.28. The third-order valence-corrected chi connectivity index (χ3v) is 2.24. The van der Waals surface area contributed by atoms with E-state index in [0.29, 0.717) is 4.77 Å². The number of nitrogens with zero attached hydrogens (tertiary/aromatic N) is 2. The number of H-pyrrole nitrogens is 1. The lowest BCUT2D eigenvalue weighted by atomic mass is 10.3. The van der Waals surface area contributed by atoms with E-state index in [1.54, 1.807) is 0 Å². The maximum Gasteiger partial charge on any atom is 0.179 e. The number of nitrogens with one attached hydrogen (secondary N) is 1. The molecule has 0 aliphatic carbocycles. The van der Waals surface area contributed by atoms with E-state index in [-0.39, 0.29) is 0 Å². The van der Waals surface area contributed by atoms with Gasteiger partial charge in [-0.15, -0.1) is 0 Å². The van der Waals surface area contributed by atoms with E-state index in [4.69, 9.17) is 12.2 Å². The Kier molecular flexibility index (Phi) is 1.51. The van der Waals surface area contributed by atoms with Crippen LogP contribution in [-0.4, -0.2) is 14.5 Å². The summed E-state index contributed by atoms with van der Waals surface area (Å²) >= 11 is 5.06. The second-order valence-corrected chi connectivity index (χ2v) is 3.26. The summed E-state index contributed by atoms with van der Waals surface area (Å²) in [6.07, 6.45) is 1.84. The van der Waals surface area contributed by atoms with E-state index in [1.807, 2.05) is 30.8 Å². The molecule has 1 N–H and O–H groups in total. The number of aromatic nitrogens is 3. The Morgan fingerprint density at radius 1 is 1.58 bits per heavy atom. The zero-order valence-electron chi connectivity index (χ0n) is 6.96. The van der Waals surface area contributed by atoms with Crippen molar-refractivity contribution in [2.45, 2.75) is 6.92 Å². The average molecular weight is 179 g/mol. The minimum Gasteiger partial charge on any atom is -0.329 e. The molecule has 0 aliphatic rings. The Morgan fingerprint density at radius 3 is 3.08 bits per heavy atom. The molecule has 0 spiro atoms. The lowest BCUT2D eigenvalue weighted by Gasteiger charge is -1.93. The molecule has 12 heavy (non-hydrogen) atoms. The zero-order valence-corrected chi connectivity index (χ0v) is 7.77. The highest BCUT2D eigenvalue weighted by atomic mass is 32.1. The molecule has 62 valence electrons. The van der Waals surface area contributed by atoms with Crippen molar-refractivity contribution in [2.75, 3.05) is 0 Å². The van der Waals surface area contributed by atoms with E-state index in [9.17, 15) is 0 Å². The van der Waals surface area contributed by atoms with Crippen LogP contribution in [0.4, 0.5) is 0 Å². The van der Waals surface area contributed by atoms with Gasteiger partial charge in [-0.25, -0.2) is 4.98 Å². The molecule has 0 aliphatic heterocycles. The molecule has 0 saturated heterocycles. The molecule has 0 aromatic carbocycles. The number of aryl methyl sites for hydroxylation is 2. The summed E-state index contributed by atoms with van der Waals surface area (Å²) < 4.78 is 2.58. The lowest BCUT2D eigenvalue weighted by Crippen LogP contribution is -1.88. The Hall–Kier alpha value is -1.16. The molecule has 2 aromatic rings. The molecule has 4 heteroatoms. The van der Waals surface area contributed by atoms with Gasteiger partial charge in [-0.2, -0.15) is 0 Å². The van der Waals surface area contributed by atoms with Crippen molar-refractivity contribution >= 4 is 23.4 Å². The summed E-state index contributed by atoms with van der Waals surface area (Å²) in [5, 5.41) is 0. The van der Waals surface area contributed by atoms with Gasteiger partial charge in [-0.05, 0) is 30.8 Å². The number of aromatic amines is 1. The SMILES string of the molecule is Cc1cnc2c(c1)[nH]c(=S)n2C. The van der Waals surface area contributed by atoms with Crippen molar-refractivity contribution in [3.05, 3.63) is 22.6 Å². The van der Waals surface area contributed by atoms with Crippen molar-refractivity contribution in [3.63, 3.8) is 0 Å². The van der Waals surface area contributed by atoms with E-state index >= 15 is 0 Å². The van der Waals surface area contributed by atoms with Crippen molar-refractivity contribution in [2.24, 2.45) is 7.05 Å². The molecule has 0 amide bonds. The monoisotopic (exact) mass is 179 g/mol. The van der Waals surface area contributed by atoms with Gasteiger partial charge in [0.1, 0.15) is 0 Å². The predicted molar refractivity (Wildman–Crippen MR) is 50.6 cm³/mol. The fourth-order valence-corrected chi connectivity index (χ4v) is 1.41. The van der Waals surface area contributed by atoms with Crippen molar-refractivity contribution in [3.8, 4) is 0 Å². The van der Waals surface area contributed by atoms with Crippen LogP contribution in [0, 0.1) is 11.7 Å². The topological polar surface area (TPSA) is 33.6 Å². The minimum atomic E-state index is 0.711. The van der Waals surface area contributed by atoms with E-state index in [2.05, 4.69) is 9.97 Å². The molecule has 0 radical (unpaired) electrons.